The molecule has 1 unspecified atom stereocenters. The molecule has 27 heavy (non-hydrogen) atoms. The molecule has 0 spiro atoms. The van der Waals surface area contributed by atoms with Gasteiger partial charge in [-0.15, -0.1) is 0 Å². The number of methoxy groups -OCH3 is 1. The molecule has 1 amide bonds. The van der Waals surface area contributed by atoms with Gasteiger partial charge >= 0.3 is 0 Å². The maximum absolute atomic E-state index is 12.2. The van der Waals surface area contributed by atoms with Crippen LogP contribution in [-0.4, -0.2) is 28.8 Å². The third kappa shape index (κ3) is 2.22. The van der Waals surface area contributed by atoms with E-state index in [0.29, 0.717) is 5.69 Å². The number of nitrogens with one attached hydrogen (secondary N) is 1. The van der Waals surface area contributed by atoms with E-state index in [9.17, 15) is 4.79 Å². The van der Waals surface area contributed by atoms with E-state index in [2.05, 4.69) is 10.5 Å². The Kier molecular flexibility index (Phi) is 3.66. The fourth-order valence-corrected chi connectivity index (χ4v) is 4.01. The first-order valence-electron chi connectivity index (χ1n) is 8.60. The van der Waals surface area contributed by atoms with Gasteiger partial charge in [0.15, 0.2) is 6.17 Å². The molecule has 2 aromatic rings. The number of nitrogens with two attached hydrogens (primary N) is 2. The number of anilines is 1. The number of allylic oxidation sites excluding steroid dienone is 1. The lowest BCUT2D eigenvalue weighted by Crippen LogP contribution is -2.33. The average molecular weight is 366 g/mol. The summed E-state index contributed by atoms with van der Waals surface area (Å²) in [5.74, 6) is 0.181. The highest BCUT2D eigenvalue weighted by atomic mass is 16.5. The van der Waals surface area contributed by atoms with Crippen molar-refractivity contribution in [1.82, 2.24) is 14.9 Å². The number of benzene rings is 1. The van der Waals surface area contributed by atoms with Gasteiger partial charge in [0, 0.05) is 17.5 Å². The lowest BCUT2D eigenvalue weighted by atomic mass is 9.92. The Bertz CT molecular complexity index is 1030. The van der Waals surface area contributed by atoms with Crippen LogP contribution in [0.15, 0.2) is 22.9 Å². The van der Waals surface area contributed by atoms with Crippen LogP contribution in [0.4, 0.5) is 5.69 Å². The van der Waals surface area contributed by atoms with Crippen LogP contribution >= 0.6 is 0 Å². The molecule has 1 aromatic heterocycles. The highest BCUT2D eigenvalue weighted by Gasteiger charge is 2.37. The average Bonchev–Trinajstić information content (AvgIpc) is 3.19. The minimum absolute atomic E-state index is 0.273. The monoisotopic (exact) mass is 366 g/mol. The zero-order valence-corrected chi connectivity index (χ0v) is 15.7. The number of nitrogens with zero attached hydrogens (tertiary/aromatic N) is 3. The molecule has 8 nitrogen and oxygen atoms in total. The van der Waals surface area contributed by atoms with E-state index in [-0.39, 0.29) is 11.9 Å². The Morgan fingerprint density at radius 2 is 2.00 bits per heavy atom. The van der Waals surface area contributed by atoms with Gasteiger partial charge < -0.3 is 25.7 Å². The Morgan fingerprint density at radius 3 is 2.67 bits per heavy atom. The van der Waals surface area contributed by atoms with Gasteiger partial charge in [0.2, 0.25) is 0 Å². The lowest BCUT2D eigenvalue weighted by Gasteiger charge is -2.31. The van der Waals surface area contributed by atoms with Crippen molar-refractivity contribution in [2.45, 2.75) is 26.9 Å². The smallest absolute Gasteiger partial charge is 0.267 e. The number of hydrogen-bond acceptors (Lipinski definition) is 6. The first-order valence-corrected chi connectivity index (χ1v) is 8.60. The van der Waals surface area contributed by atoms with Crippen LogP contribution in [-0.2, 0) is 0 Å². The maximum atomic E-state index is 12.2. The molecule has 2 aliphatic heterocycles. The van der Waals surface area contributed by atoms with E-state index in [1.54, 1.807) is 18.0 Å². The van der Waals surface area contributed by atoms with Gasteiger partial charge in [0.1, 0.15) is 17.8 Å². The summed E-state index contributed by atoms with van der Waals surface area (Å²) >= 11 is 0. The van der Waals surface area contributed by atoms with Crippen molar-refractivity contribution in [3.63, 3.8) is 0 Å². The lowest BCUT2D eigenvalue weighted by molar-refractivity contribution is 0.0994. The van der Waals surface area contributed by atoms with Crippen LogP contribution < -0.4 is 21.6 Å². The number of ether oxygens (including phenoxy) is 1. The second-order valence-corrected chi connectivity index (χ2v) is 6.80. The zero-order valence-electron chi connectivity index (χ0n) is 15.7. The Morgan fingerprint density at radius 1 is 1.26 bits per heavy atom. The number of hydrazone groups is 1. The molecule has 1 atom stereocenters. The zero-order chi connectivity index (χ0) is 19.5. The van der Waals surface area contributed by atoms with Gasteiger partial charge in [-0.3, -0.25) is 10.2 Å². The van der Waals surface area contributed by atoms with Crippen molar-refractivity contribution in [2.75, 3.05) is 12.8 Å². The summed E-state index contributed by atoms with van der Waals surface area (Å²) in [6.07, 6.45) is 3.31. The molecular formula is C19H22N6O2. The SMILES string of the molecule is COc1ccc(C)c(-c2c(N)c(C(N)=O)n3c2C2NN=CN2C(C)=C3)c1C. The number of carbonyl (C=O) groups is 1. The van der Waals surface area contributed by atoms with Gasteiger partial charge in [-0.25, -0.2) is 0 Å². The Balaban J connectivity index is 2.11. The third-order valence-electron chi connectivity index (χ3n) is 5.25. The van der Waals surface area contributed by atoms with E-state index < -0.39 is 5.91 Å². The normalized spacial score (nSPS) is 17.3. The predicted octanol–water partition coefficient (Wildman–Crippen LogP) is 2.14. The van der Waals surface area contributed by atoms with Crippen LogP contribution in [0.1, 0.15) is 40.4 Å². The van der Waals surface area contributed by atoms with Crippen molar-refractivity contribution in [3.05, 3.63) is 40.3 Å². The molecule has 8 heteroatoms. The van der Waals surface area contributed by atoms with Gasteiger partial charge in [-0.05, 0) is 43.5 Å². The molecular weight excluding hydrogens is 344 g/mol. The van der Waals surface area contributed by atoms with Crippen LogP contribution in [0.2, 0.25) is 0 Å². The molecule has 3 heterocycles. The first-order chi connectivity index (χ1) is 12.9. The molecule has 4 rings (SSSR count). The minimum atomic E-state index is -0.574. The molecule has 5 N–H and O–H groups in total. The second kappa shape index (κ2) is 5.80. The second-order valence-electron chi connectivity index (χ2n) is 6.80. The summed E-state index contributed by atoms with van der Waals surface area (Å²) in [7, 11) is 1.63. The number of amides is 1. The van der Waals surface area contributed by atoms with Crippen LogP contribution in [0.5, 0.6) is 5.75 Å². The summed E-state index contributed by atoms with van der Waals surface area (Å²) in [6.45, 7) is 5.93. The molecule has 0 bridgehead atoms. The van der Waals surface area contributed by atoms with E-state index in [1.807, 2.05) is 44.0 Å². The highest BCUT2D eigenvalue weighted by molar-refractivity contribution is 6.04. The number of rotatable bonds is 3. The summed E-state index contributed by atoms with van der Waals surface area (Å²) in [5.41, 5.74) is 21.3. The van der Waals surface area contributed by atoms with Crippen molar-refractivity contribution in [3.8, 4) is 16.9 Å². The topological polar surface area (TPSA) is 111 Å². The fourth-order valence-electron chi connectivity index (χ4n) is 4.01. The van der Waals surface area contributed by atoms with Gasteiger partial charge in [-0.2, -0.15) is 5.10 Å². The van der Waals surface area contributed by atoms with E-state index in [4.69, 9.17) is 16.2 Å². The van der Waals surface area contributed by atoms with Crippen molar-refractivity contribution >= 4 is 24.1 Å². The number of carbonyl (C=O) groups excluding carboxylic acids is 1. The quantitative estimate of drug-likeness (QED) is 0.771. The van der Waals surface area contributed by atoms with Crippen LogP contribution in [0.3, 0.4) is 0 Å². The standard InChI is InChI=1S/C19H22N6O2/c1-9-5-6-12(27-4)11(3)13(9)14-15(20)17(18(21)26)24-7-10(2)25-8-22-23-19(25)16(14)24/h5-8,19,23H,20H2,1-4H3,(H2,21,26). The number of primary amides is 1. The van der Waals surface area contributed by atoms with Gasteiger partial charge in [0.25, 0.3) is 5.91 Å². The first kappa shape index (κ1) is 17.0. The summed E-state index contributed by atoms with van der Waals surface area (Å²) < 4.78 is 7.28. The molecule has 2 aliphatic rings. The number of aryl methyl sites for hydroxylation is 1. The Hall–Kier alpha value is -3.42. The van der Waals surface area contributed by atoms with Crippen molar-refractivity contribution < 1.29 is 9.53 Å². The number of fused-ring (bicyclic) bond motifs is 3. The minimum Gasteiger partial charge on any atom is -0.496 e. The summed E-state index contributed by atoms with van der Waals surface area (Å²) in [5, 5.41) is 4.19. The predicted molar refractivity (Wildman–Crippen MR) is 105 cm³/mol. The largest absolute Gasteiger partial charge is 0.496 e. The van der Waals surface area contributed by atoms with Crippen LogP contribution in [0, 0.1) is 13.8 Å². The van der Waals surface area contributed by atoms with Crippen molar-refractivity contribution in [1.29, 1.82) is 0 Å². The number of hydrogen-bond donors (Lipinski definition) is 3. The Labute approximate surface area is 157 Å². The van der Waals surface area contributed by atoms with E-state index >= 15 is 0 Å². The summed E-state index contributed by atoms with van der Waals surface area (Å²) in [4.78, 5) is 14.2. The molecule has 0 fully saturated rings. The third-order valence-corrected chi connectivity index (χ3v) is 5.25. The maximum Gasteiger partial charge on any atom is 0.267 e. The summed E-state index contributed by atoms with van der Waals surface area (Å²) in [6, 6.07) is 3.91. The molecule has 140 valence electrons. The van der Waals surface area contributed by atoms with Gasteiger partial charge in [0.05, 0.1) is 18.5 Å². The molecule has 0 saturated carbocycles. The molecule has 0 aliphatic carbocycles. The molecule has 0 saturated heterocycles. The van der Waals surface area contributed by atoms with E-state index in [1.165, 1.54) is 0 Å². The van der Waals surface area contributed by atoms with Crippen molar-refractivity contribution in [2.24, 2.45) is 10.8 Å². The number of nitrogen functional groups attached to an aromatic ring is 1. The molecule has 1 aromatic carbocycles. The molecule has 0 radical (unpaired) electrons. The van der Waals surface area contributed by atoms with Gasteiger partial charge in [-0.1, -0.05) is 6.07 Å². The highest BCUT2D eigenvalue weighted by Crippen LogP contribution is 2.46. The van der Waals surface area contributed by atoms with E-state index in [0.717, 1.165) is 39.4 Å². The number of aromatic nitrogens is 1. The fraction of sp³-hybridized carbons (Fsp3) is 0.263. The van der Waals surface area contributed by atoms with Crippen LogP contribution in [0.25, 0.3) is 17.3 Å².